The minimum Gasteiger partial charge on any atom is -0.400 e. The summed E-state index contributed by atoms with van der Waals surface area (Å²) in [6, 6.07) is 1.21. The van der Waals surface area contributed by atoms with Gasteiger partial charge in [-0.25, -0.2) is 4.39 Å². The zero-order valence-corrected chi connectivity index (χ0v) is 13.4. The van der Waals surface area contributed by atoms with Crippen LogP contribution in [0.15, 0.2) is 17.7 Å². The molecule has 1 fully saturated rings. The molecule has 0 radical (unpaired) electrons. The van der Waals surface area contributed by atoms with Crippen LogP contribution in [0.2, 0.25) is 5.02 Å². The van der Waals surface area contributed by atoms with E-state index in [1.54, 1.807) is 6.08 Å². The molecular formula is C14H19BClFN2O2. The third-order valence-corrected chi connectivity index (χ3v) is 4.16. The lowest BCUT2D eigenvalue weighted by atomic mass is 9.77. The average molecular weight is 313 g/mol. The molecule has 1 aliphatic heterocycles. The van der Waals surface area contributed by atoms with Crippen molar-refractivity contribution < 1.29 is 13.7 Å². The predicted molar refractivity (Wildman–Crippen MR) is 82.3 cm³/mol. The molecule has 2 rings (SSSR count). The number of aromatic nitrogens is 1. The zero-order valence-electron chi connectivity index (χ0n) is 12.6. The van der Waals surface area contributed by atoms with Crippen LogP contribution in [0.5, 0.6) is 0 Å². The molecule has 0 aliphatic carbocycles. The van der Waals surface area contributed by atoms with Gasteiger partial charge in [0.05, 0.1) is 21.9 Å². The van der Waals surface area contributed by atoms with Crippen LogP contribution in [0.3, 0.4) is 0 Å². The van der Waals surface area contributed by atoms with Crippen molar-refractivity contribution in [3.05, 3.63) is 34.3 Å². The van der Waals surface area contributed by atoms with Crippen LogP contribution in [-0.2, 0) is 9.31 Å². The Balaban J connectivity index is 2.31. The van der Waals surface area contributed by atoms with Crippen molar-refractivity contribution in [3.8, 4) is 0 Å². The van der Waals surface area contributed by atoms with E-state index in [1.807, 2.05) is 27.7 Å². The van der Waals surface area contributed by atoms with Gasteiger partial charge in [0.1, 0.15) is 5.82 Å². The maximum absolute atomic E-state index is 13.8. The molecule has 114 valence electrons. The molecule has 7 heteroatoms. The zero-order chi connectivity index (χ0) is 15.8. The van der Waals surface area contributed by atoms with Gasteiger partial charge in [0.25, 0.3) is 0 Å². The Bertz CT molecular complexity index is 562. The molecule has 0 bridgehead atoms. The minimum atomic E-state index is -0.614. The Kier molecular flexibility index (Phi) is 4.45. The quantitative estimate of drug-likeness (QED) is 0.872. The fraction of sp³-hybridized carbons (Fsp3) is 0.500. The van der Waals surface area contributed by atoms with E-state index in [-0.39, 0.29) is 17.3 Å². The summed E-state index contributed by atoms with van der Waals surface area (Å²) < 4.78 is 25.6. The lowest BCUT2D eigenvalue weighted by Crippen LogP contribution is -2.41. The van der Waals surface area contributed by atoms with Crippen molar-refractivity contribution in [1.82, 2.24) is 4.98 Å². The van der Waals surface area contributed by atoms with E-state index in [0.717, 1.165) is 0 Å². The predicted octanol–water partition coefficient (Wildman–Crippen LogP) is 2.85. The van der Waals surface area contributed by atoms with Gasteiger partial charge in [-0.2, -0.15) is 0 Å². The third-order valence-electron chi connectivity index (χ3n) is 3.95. The first-order valence-corrected chi connectivity index (χ1v) is 7.11. The van der Waals surface area contributed by atoms with Crippen LogP contribution in [-0.4, -0.2) is 29.8 Å². The molecule has 0 spiro atoms. The molecule has 4 nitrogen and oxygen atoms in total. The van der Waals surface area contributed by atoms with Crippen molar-refractivity contribution in [2.45, 2.75) is 38.9 Å². The first-order chi connectivity index (χ1) is 9.66. The second-order valence-electron chi connectivity index (χ2n) is 6.03. The summed E-state index contributed by atoms with van der Waals surface area (Å²) >= 11 is 5.69. The number of rotatable bonds is 3. The van der Waals surface area contributed by atoms with Gasteiger partial charge in [-0.1, -0.05) is 11.6 Å². The number of hydrogen-bond donors (Lipinski definition) is 1. The first kappa shape index (κ1) is 16.4. The summed E-state index contributed by atoms with van der Waals surface area (Å²) in [5.41, 5.74) is 5.59. The van der Waals surface area contributed by atoms with Gasteiger partial charge in [0.2, 0.25) is 0 Å². The van der Waals surface area contributed by atoms with Gasteiger partial charge < -0.3 is 15.0 Å². The lowest BCUT2D eigenvalue weighted by Gasteiger charge is -2.32. The number of halogens is 2. The molecule has 21 heavy (non-hydrogen) atoms. The molecule has 2 N–H and O–H groups in total. The van der Waals surface area contributed by atoms with Crippen LogP contribution in [0.25, 0.3) is 6.08 Å². The molecule has 0 amide bonds. The standard InChI is InChI=1S/C14H19BClFN2O2/c1-13(2)14(3,4)21-15(20-13)9(7-18)5-12-11(17)6-10(16)8-19-12/h5-6,8H,7,18H2,1-4H3. The van der Waals surface area contributed by atoms with E-state index < -0.39 is 24.1 Å². The highest BCUT2D eigenvalue weighted by molar-refractivity contribution is 6.55. The molecule has 1 saturated heterocycles. The molecule has 1 aliphatic rings. The lowest BCUT2D eigenvalue weighted by molar-refractivity contribution is 0.00578. The monoisotopic (exact) mass is 312 g/mol. The molecule has 0 saturated carbocycles. The molecule has 0 atom stereocenters. The van der Waals surface area contributed by atoms with Crippen molar-refractivity contribution in [2.75, 3.05) is 6.54 Å². The van der Waals surface area contributed by atoms with Gasteiger partial charge in [-0.05, 0) is 45.3 Å². The molecular weight excluding hydrogens is 293 g/mol. The SMILES string of the molecule is CC1(C)OB(C(=Cc2ncc(Cl)cc2F)CN)OC1(C)C. The second kappa shape index (κ2) is 5.68. The maximum Gasteiger partial charge on any atom is 0.491 e. The van der Waals surface area contributed by atoms with Crippen molar-refractivity contribution in [2.24, 2.45) is 5.73 Å². The van der Waals surface area contributed by atoms with Crippen molar-refractivity contribution >= 4 is 24.8 Å². The largest absolute Gasteiger partial charge is 0.491 e. The highest BCUT2D eigenvalue weighted by atomic mass is 35.5. The first-order valence-electron chi connectivity index (χ1n) is 6.73. The van der Waals surface area contributed by atoms with Crippen molar-refractivity contribution in [3.63, 3.8) is 0 Å². The number of pyridine rings is 1. The van der Waals surface area contributed by atoms with E-state index in [0.29, 0.717) is 5.47 Å². The minimum absolute atomic E-state index is 0.162. The van der Waals surface area contributed by atoms with Gasteiger partial charge in [-0.15, -0.1) is 0 Å². The summed E-state index contributed by atoms with van der Waals surface area (Å²) in [4.78, 5) is 3.96. The molecule has 0 aromatic carbocycles. The summed E-state index contributed by atoms with van der Waals surface area (Å²) in [6.07, 6.45) is 2.93. The van der Waals surface area contributed by atoms with Gasteiger partial charge in [0.15, 0.2) is 0 Å². The summed E-state index contributed by atoms with van der Waals surface area (Å²) in [6.45, 7) is 7.97. The molecule has 1 aromatic rings. The Morgan fingerprint density at radius 2 is 1.95 bits per heavy atom. The van der Waals surface area contributed by atoms with Crippen LogP contribution in [0.1, 0.15) is 33.4 Å². The smallest absolute Gasteiger partial charge is 0.400 e. The molecule has 0 unspecified atom stereocenters. The van der Waals surface area contributed by atoms with Crippen LogP contribution in [0.4, 0.5) is 4.39 Å². The molecule has 1 aromatic heterocycles. The normalized spacial score (nSPS) is 20.9. The Morgan fingerprint density at radius 1 is 1.38 bits per heavy atom. The fourth-order valence-electron chi connectivity index (χ4n) is 1.92. The second-order valence-corrected chi connectivity index (χ2v) is 6.47. The van der Waals surface area contributed by atoms with Crippen LogP contribution >= 0.6 is 11.6 Å². The Labute approximate surface area is 129 Å². The van der Waals surface area contributed by atoms with Gasteiger partial charge in [0, 0.05) is 12.7 Å². The topological polar surface area (TPSA) is 57.4 Å². The van der Waals surface area contributed by atoms with E-state index in [2.05, 4.69) is 4.98 Å². The third kappa shape index (κ3) is 3.29. The van der Waals surface area contributed by atoms with E-state index >= 15 is 0 Å². The average Bonchev–Trinajstić information content (AvgIpc) is 2.57. The Hall–Kier alpha value is -0.945. The summed E-state index contributed by atoms with van der Waals surface area (Å²) in [5.74, 6) is -0.509. The fourth-order valence-corrected chi connectivity index (χ4v) is 2.07. The number of nitrogens with two attached hydrogens (primary N) is 1. The van der Waals surface area contributed by atoms with E-state index in [4.69, 9.17) is 26.6 Å². The number of hydrogen-bond acceptors (Lipinski definition) is 4. The summed E-state index contributed by atoms with van der Waals surface area (Å²) in [5, 5.41) is 0.245. The van der Waals surface area contributed by atoms with Crippen molar-refractivity contribution in [1.29, 1.82) is 0 Å². The van der Waals surface area contributed by atoms with E-state index in [9.17, 15) is 4.39 Å². The summed E-state index contributed by atoms with van der Waals surface area (Å²) in [7, 11) is -0.614. The van der Waals surface area contributed by atoms with Gasteiger partial charge >= 0.3 is 7.12 Å². The Morgan fingerprint density at radius 3 is 2.43 bits per heavy atom. The highest BCUT2D eigenvalue weighted by Crippen LogP contribution is 2.38. The van der Waals surface area contributed by atoms with E-state index in [1.165, 1.54) is 12.3 Å². The van der Waals surface area contributed by atoms with Crippen LogP contribution in [0, 0.1) is 5.82 Å². The highest BCUT2D eigenvalue weighted by Gasteiger charge is 2.52. The number of nitrogens with zero attached hydrogens (tertiary/aromatic N) is 1. The van der Waals surface area contributed by atoms with Crippen LogP contribution < -0.4 is 5.73 Å². The maximum atomic E-state index is 13.8. The van der Waals surface area contributed by atoms with Gasteiger partial charge in [-0.3, -0.25) is 4.98 Å². The molecule has 2 heterocycles.